The molecule has 5 heteroatoms. The minimum absolute atomic E-state index is 0.0275. The number of esters is 1. The molecule has 0 unspecified atom stereocenters. The third-order valence-corrected chi connectivity index (χ3v) is 3.46. The molecule has 23 heavy (non-hydrogen) atoms. The molecule has 1 atom stereocenters. The highest BCUT2D eigenvalue weighted by Crippen LogP contribution is 2.14. The summed E-state index contributed by atoms with van der Waals surface area (Å²) in [5.41, 5.74) is 1.12. The van der Waals surface area contributed by atoms with Crippen molar-refractivity contribution in [3.63, 3.8) is 0 Å². The maximum Gasteiger partial charge on any atom is 0.317 e. The van der Waals surface area contributed by atoms with Crippen LogP contribution in [-0.2, 0) is 16.0 Å². The number of rotatable bonds is 8. The summed E-state index contributed by atoms with van der Waals surface area (Å²) >= 11 is 0. The van der Waals surface area contributed by atoms with Gasteiger partial charge in [0, 0.05) is 6.04 Å². The van der Waals surface area contributed by atoms with E-state index >= 15 is 0 Å². The van der Waals surface area contributed by atoms with Gasteiger partial charge in [-0.15, -0.1) is 0 Å². The van der Waals surface area contributed by atoms with E-state index in [9.17, 15) is 9.90 Å². The van der Waals surface area contributed by atoms with Gasteiger partial charge in [-0.2, -0.15) is 0 Å². The van der Waals surface area contributed by atoms with E-state index in [1.54, 1.807) is 14.0 Å². The molecule has 0 heterocycles. The van der Waals surface area contributed by atoms with E-state index in [-0.39, 0.29) is 25.0 Å². The third-order valence-electron chi connectivity index (χ3n) is 3.46. The second kappa shape index (κ2) is 10.7. The second-order valence-corrected chi connectivity index (χ2v) is 5.14. The minimum Gasteiger partial charge on any atom is -0.497 e. The van der Waals surface area contributed by atoms with E-state index in [4.69, 9.17) is 9.47 Å². The highest BCUT2D eigenvalue weighted by molar-refractivity contribution is 5.72. The molecular formula is C18H25NO4. The number of aliphatic hydroxyl groups is 1. The van der Waals surface area contributed by atoms with Crippen LogP contribution in [0, 0.1) is 11.8 Å². The number of likely N-dealkylation sites (N-methyl/N-ethyl adjacent to an activating group) is 1. The zero-order chi connectivity index (χ0) is 17.1. The Hall–Kier alpha value is -2.03. The molecule has 1 aromatic carbocycles. The molecule has 1 aromatic rings. The van der Waals surface area contributed by atoms with E-state index < -0.39 is 0 Å². The number of aliphatic hydroxyl groups excluding tert-OH is 1. The first-order chi connectivity index (χ1) is 11.1. The predicted molar refractivity (Wildman–Crippen MR) is 89.2 cm³/mol. The molecule has 5 nitrogen and oxygen atoms in total. The van der Waals surface area contributed by atoms with Gasteiger partial charge >= 0.3 is 5.97 Å². The molecule has 0 fully saturated rings. The molecule has 0 aliphatic rings. The number of carbonyl (C=O) groups is 1. The lowest BCUT2D eigenvalue weighted by atomic mass is 10.1. The fourth-order valence-corrected chi connectivity index (χ4v) is 2.05. The van der Waals surface area contributed by atoms with Crippen LogP contribution in [0.4, 0.5) is 0 Å². The predicted octanol–water partition coefficient (Wildman–Crippen LogP) is 1.49. The van der Waals surface area contributed by atoms with Gasteiger partial charge in [0.2, 0.25) is 0 Å². The van der Waals surface area contributed by atoms with E-state index in [1.165, 1.54) is 0 Å². The molecule has 0 amide bonds. The largest absolute Gasteiger partial charge is 0.497 e. The Morgan fingerprint density at radius 2 is 2.00 bits per heavy atom. The van der Waals surface area contributed by atoms with Gasteiger partial charge in [-0.25, -0.2) is 0 Å². The Morgan fingerprint density at radius 3 is 2.57 bits per heavy atom. The highest BCUT2D eigenvalue weighted by atomic mass is 16.5. The first-order valence-corrected chi connectivity index (χ1v) is 7.66. The van der Waals surface area contributed by atoms with Gasteiger partial charge in [0.15, 0.2) is 0 Å². The standard InChI is InChI=1S/C18H25NO4/c1-4-23-18(21)7-5-6-12-19(2)16(14-20)13-15-8-10-17(22-3)11-9-15/h8-11,16,20H,4,7,12-14H2,1-3H3/t16-/m0/s1. The Labute approximate surface area is 138 Å². The molecule has 0 aliphatic carbocycles. The van der Waals surface area contributed by atoms with E-state index in [1.807, 2.05) is 36.2 Å². The molecule has 1 N–H and O–H groups in total. The van der Waals surface area contributed by atoms with Gasteiger partial charge in [0.25, 0.3) is 0 Å². The summed E-state index contributed by atoms with van der Waals surface area (Å²) in [7, 11) is 3.54. The van der Waals surface area contributed by atoms with Crippen LogP contribution < -0.4 is 4.74 Å². The number of methoxy groups -OCH3 is 1. The zero-order valence-electron chi connectivity index (χ0n) is 14.0. The molecule has 0 spiro atoms. The molecule has 0 aromatic heterocycles. The average Bonchev–Trinajstić information content (AvgIpc) is 2.57. The van der Waals surface area contributed by atoms with Gasteiger partial charge in [-0.1, -0.05) is 24.0 Å². The van der Waals surface area contributed by atoms with Crippen molar-refractivity contribution in [1.29, 1.82) is 0 Å². The lowest BCUT2D eigenvalue weighted by molar-refractivity contribution is -0.141. The summed E-state index contributed by atoms with van der Waals surface area (Å²) in [4.78, 5) is 13.2. The van der Waals surface area contributed by atoms with Crippen molar-refractivity contribution in [2.75, 3.05) is 33.9 Å². The number of nitrogens with zero attached hydrogens (tertiary/aromatic N) is 1. The first kappa shape index (κ1) is 19.0. The number of benzene rings is 1. The maximum atomic E-state index is 11.2. The second-order valence-electron chi connectivity index (χ2n) is 5.14. The fraction of sp³-hybridized carbons (Fsp3) is 0.500. The summed E-state index contributed by atoms with van der Waals surface area (Å²) in [5, 5.41) is 9.58. The first-order valence-electron chi connectivity index (χ1n) is 7.66. The van der Waals surface area contributed by atoms with Crippen LogP contribution in [0.3, 0.4) is 0 Å². The van der Waals surface area contributed by atoms with E-state index in [2.05, 4.69) is 11.8 Å². The smallest absolute Gasteiger partial charge is 0.317 e. The number of hydrogen-bond donors (Lipinski definition) is 1. The van der Waals surface area contributed by atoms with Crippen LogP contribution in [0.1, 0.15) is 18.9 Å². The molecule has 0 bridgehead atoms. The average molecular weight is 319 g/mol. The summed E-state index contributed by atoms with van der Waals surface area (Å²) < 4.78 is 9.94. The molecule has 1 rings (SSSR count). The van der Waals surface area contributed by atoms with Crippen molar-refractivity contribution in [2.45, 2.75) is 25.8 Å². The Bertz CT molecular complexity index is 530. The van der Waals surface area contributed by atoms with Crippen LogP contribution in [0.2, 0.25) is 0 Å². The highest BCUT2D eigenvalue weighted by Gasteiger charge is 2.13. The Balaban J connectivity index is 2.49. The summed E-state index contributed by atoms with van der Waals surface area (Å²) in [5.74, 6) is 6.24. The lowest BCUT2D eigenvalue weighted by Crippen LogP contribution is -2.36. The molecule has 0 saturated heterocycles. The summed E-state index contributed by atoms with van der Waals surface area (Å²) in [6.07, 6.45) is 0.820. The summed E-state index contributed by atoms with van der Waals surface area (Å²) in [6.45, 7) is 2.67. The van der Waals surface area contributed by atoms with Crippen LogP contribution in [0.25, 0.3) is 0 Å². The van der Waals surface area contributed by atoms with Crippen molar-refractivity contribution in [3.8, 4) is 17.6 Å². The fourth-order valence-electron chi connectivity index (χ4n) is 2.05. The van der Waals surface area contributed by atoms with Crippen molar-refractivity contribution < 1.29 is 19.4 Å². The molecule has 0 saturated carbocycles. The monoisotopic (exact) mass is 319 g/mol. The van der Waals surface area contributed by atoms with Gasteiger partial charge in [0.1, 0.15) is 12.2 Å². The van der Waals surface area contributed by atoms with Gasteiger partial charge < -0.3 is 14.6 Å². The topological polar surface area (TPSA) is 59.0 Å². The Morgan fingerprint density at radius 1 is 1.30 bits per heavy atom. The molecule has 126 valence electrons. The van der Waals surface area contributed by atoms with Crippen molar-refractivity contribution >= 4 is 5.97 Å². The molecule has 0 aliphatic heterocycles. The third kappa shape index (κ3) is 7.18. The van der Waals surface area contributed by atoms with Gasteiger partial charge in [-0.05, 0) is 38.1 Å². The minimum atomic E-state index is -0.306. The summed E-state index contributed by atoms with van der Waals surface area (Å²) in [6, 6.07) is 7.76. The lowest BCUT2D eigenvalue weighted by Gasteiger charge is -2.24. The number of hydrogen-bond acceptors (Lipinski definition) is 5. The van der Waals surface area contributed by atoms with Crippen LogP contribution in [-0.4, -0.2) is 55.9 Å². The van der Waals surface area contributed by atoms with Crippen molar-refractivity contribution in [2.24, 2.45) is 0 Å². The van der Waals surface area contributed by atoms with Crippen molar-refractivity contribution in [3.05, 3.63) is 29.8 Å². The van der Waals surface area contributed by atoms with Crippen LogP contribution in [0.15, 0.2) is 24.3 Å². The van der Waals surface area contributed by atoms with Crippen molar-refractivity contribution in [1.82, 2.24) is 4.90 Å². The van der Waals surface area contributed by atoms with Gasteiger partial charge in [0.05, 0.1) is 26.9 Å². The maximum absolute atomic E-state index is 11.2. The van der Waals surface area contributed by atoms with Gasteiger partial charge in [-0.3, -0.25) is 9.69 Å². The molecule has 0 radical (unpaired) electrons. The molecular weight excluding hydrogens is 294 g/mol. The zero-order valence-corrected chi connectivity index (χ0v) is 14.0. The van der Waals surface area contributed by atoms with E-state index in [0.29, 0.717) is 13.2 Å². The van der Waals surface area contributed by atoms with E-state index in [0.717, 1.165) is 17.7 Å². The SMILES string of the molecule is CCOC(=O)CC#CCN(C)[C@H](CO)Cc1ccc(OC)cc1. The van der Waals surface area contributed by atoms with Crippen LogP contribution in [0.5, 0.6) is 5.75 Å². The Kier molecular flexibility index (Phi) is 8.81. The number of ether oxygens (including phenoxy) is 2. The quantitative estimate of drug-likeness (QED) is 0.581. The van der Waals surface area contributed by atoms with Crippen LogP contribution >= 0.6 is 0 Å². The number of carbonyl (C=O) groups excluding carboxylic acids is 1. The normalized spacial score (nSPS) is 11.5.